The van der Waals surface area contributed by atoms with Crippen molar-refractivity contribution in [2.45, 2.75) is 37.6 Å². The van der Waals surface area contributed by atoms with Gasteiger partial charge in [0, 0.05) is 30.6 Å². The number of amides is 1. The van der Waals surface area contributed by atoms with E-state index in [2.05, 4.69) is 28.3 Å². The van der Waals surface area contributed by atoms with Gasteiger partial charge in [0.15, 0.2) is 0 Å². The Hall–Kier alpha value is -2.60. The lowest BCUT2D eigenvalue weighted by molar-refractivity contribution is 0.0730. The van der Waals surface area contributed by atoms with E-state index in [4.69, 9.17) is 4.52 Å². The van der Waals surface area contributed by atoms with Gasteiger partial charge in [0.25, 0.3) is 5.91 Å². The van der Waals surface area contributed by atoms with E-state index in [-0.39, 0.29) is 5.91 Å². The van der Waals surface area contributed by atoms with Gasteiger partial charge >= 0.3 is 0 Å². The summed E-state index contributed by atoms with van der Waals surface area (Å²) >= 11 is 1.55. The summed E-state index contributed by atoms with van der Waals surface area (Å²) in [6.07, 6.45) is 2.63. The van der Waals surface area contributed by atoms with Crippen LogP contribution in [0.5, 0.6) is 0 Å². The third-order valence-electron chi connectivity index (χ3n) is 4.95. The largest absolute Gasteiger partial charge is 0.361 e. The molecule has 3 heterocycles. The summed E-state index contributed by atoms with van der Waals surface area (Å²) in [6.45, 7) is 5.23. The molecule has 5 nitrogen and oxygen atoms in total. The maximum Gasteiger partial charge on any atom is 0.256 e. The molecule has 1 amide bonds. The normalized spacial score (nSPS) is 13.5. The number of hydrogen-bond acceptors (Lipinski definition) is 5. The minimum absolute atomic E-state index is 0.0406. The zero-order valence-corrected chi connectivity index (χ0v) is 16.3. The fraction of sp³-hybridized carbons (Fsp3) is 0.286. The average molecular weight is 379 g/mol. The van der Waals surface area contributed by atoms with Crippen molar-refractivity contribution in [3.8, 4) is 0 Å². The highest BCUT2D eigenvalue weighted by atomic mass is 32.2. The maximum atomic E-state index is 13.2. The molecule has 1 aliphatic heterocycles. The van der Waals surface area contributed by atoms with Gasteiger partial charge in [0.2, 0.25) is 0 Å². The van der Waals surface area contributed by atoms with Gasteiger partial charge in [-0.3, -0.25) is 4.79 Å². The van der Waals surface area contributed by atoms with Gasteiger partial charge in [-0.1, -0.05) is 29.4 Å². The van der Waals surface area contributed by atoms with Gasteiger partial charge in [0.1, 0.15) is 10.8 Å². The average Bonchev–Trinajstić information content (AvgIpc) is 3.03. The van der Waals surface area contributed by atoms with Crippen molar-refractivity contribution in [1.82, 2.24) is 15.0 Å². The van der Waals surface area contributed by atoms with E-state index in [1.54, 1.807) is 18.0 Å². The molecule has 0 N–H and O–H groups in total. The Morgan fingerprint density at radius 1 is 1.19 bits per heavy atom. The Labute approximate surface area is 162 Å². The van der Waals surface area contributed by atoms with Crippen molar-refractivity contribution in [2.75, 3.05) is 6.54 Å². The van der Waals surface area contributed by atoms with Crippen LogP contribution in [-0.4, -0.2) is 27.5 Å². The van der Waals surface area contributed by atoms with Gasteiger partial charge in [-0.25, -0.2) is 4.98 Å². The van der Waals surface area contributed by atoms with Crippen LogP contribution in [0.15, 0.2) is 52.1 Å². The minimum atomic E-state index is 0.0406. The summed E-state index contributed by atoms with van der Waals surface area (Å²) in [5.74, 6) is 1.54. The molecule has 0 unspecified atom stereocenters. The third-order valence-corrected chi connectivity index (χ3v) is 5.99. The molecule has 0 fully saturated rings. The van der Waals surface area contributed by atoms with Crippen molar-refractivity contribution in [3.63, 3.8) is 0 Å². The first-order valence-corrected chi connectivity index (χ1v) is 9.97. The van der Waals surface area contributed by atoms with Crippen LogP contribution in [0.4, 0.5) is 0 Å². The van der Waals surface area contributed by atoms with Crippen LogP contribution in [0, 0.1) is 13.8 Å². The number of hydrogen-bond donors (Lipinski definition) is 0. The fourth-order valence-corrected chi connectivity index (χ4v) is 4.50. The number of benzene rings is 1. The highest BCUT2D eigenvalue weighted by molar-refractivity contribution is 7.98. The van der Waals surface area contributed by atoms with E-state index in [1.165, 1.54) is 11.1 Å². The minimum Gasteiger partial charge on any atom is -0.361 e. The van der Waals surface area contributed by atoms with Crippen molar-refractivity contribution in [1.29, 1.82) is 0 Å². The number of pyridine rings is 1. The number of carbonyl (C=O) groups is 1. The molecule has 27 heavy (non-hydrogen) atoms. The molecular formula is C21H21N3O2S. The quantitative estimate of drug-likeness (QED) is 0.637. The Morgan fingerprint density at radius 2 is 2.00 bits per heavy atom. The molecule has 0 aliphatic carbocycles. The van der Waals surface area contributed by atoms with Crippen LogP contribution < -0.4 is 0 Å². The lowest BCUT2D eigenvalue weighted by Gasteiger charge is -2.29. The summed E-state index contributed by atoms with van der Waals surface area (Å²) in [5, 5.41) is 4.75. The van der Waals surface area contributed by atoms with Gasteiger partial charge < -0.3 is 9.42 Å². The highest BCUT2D eigenvalue weighted by Gasteiger charge is 2.24. The Morgan fingerprint density at radius 3 is 2.78 bits per heavy atom. The van der Waals surface area contributed by atoms with Crippen molar-refractivity contribution < 1.29 is 9.32 Å². The number of carbonyl (C=O) groups excluding carboxylic acids is 1. The molecule has 0 bridgehead atoms. The first-order chi connectivity index (χ1) is 13.1. The molecular weight excluding hydrogens is 358 g/mol. The van der Waals surface area contributed by atoms with E-state index >= 15 is 0 Å². The zero-order valence-electron chi connectivity index (χ0n) is 15.4. The number of nitrogens with zero attached hydrogens (tertiary/aromatic N) is 3. The van der Waals surface area contributed by atoms with Crippen LogP contribution in [0.2, 0.25) is 0 Å². The first kappa shape index (κ1) is 17.8. The smallest absolute Gasteiger partial charge is 0.256 e. The van der Waals surface area contributed by atoms with Crippen LogP contribution in [0.3, 0.4) is 0 Å². The van der Waals surface area contributed by atoms with Crippen molar-refractivity contribution in [2.24, 2.45) is 0 Å². The van der Waals surface area contributed by atoms with E-state index in [1.807, 2.05) is 36.9 Å². The summed E-state index contributed by atoms with van der Waals surface area (Å²) in [4.78, 5) is 19.5. The molecule has 1 aliphatic rings. The van der Waals surface area contributed by atoms with Crippen LogP contribution >= 0.6 is 11.8 Å². The second kappa shape index (κ2) is 7.56. The van der Waals surface area contributed by atoms with E-state index in [0.29, 0.717) is 17.9 Å². The van der Waals surface area contributed by atoms with Crippen LogP contribution in [-0.2, 0) is 18.7 Å². The Balaban J connectivity index is 1.53. The molecule has 0 saturated carbocycles. The van der Waals surface area contributed by atoms with Crippen molar-refractivity contribution >= 4 is 17.7 Å². The standard InChI is InChI=1S/C21H21N3O2S/c1-14-19(15(2)26-23-14)13-27-20-18(8-5-10-22-20)21(25)24-11-9-16-6-3-4-7-17(16)12-24/h3-8,10H,9,11-13H2,1-2H3. The lowest BCUT2D eigenvalue weighted by Crippen LogP contribution is -2.36. The number of aromatic nitrogens is 2. The summed E-state index contributed by atoms with van der Waals surface area (Å²) in [5.41, 5.74) is 5.17. The predicted octanol–water partition coefficient (Wildman–Crippen LogP) is 4.18. The molecule has 0 radical (unpaired) electrons. The molecule has 2 aromatic heterocycles. The predicted molar refractivity (Wildman–Crippen MR) is 105 cm³/mol. The van der Waals surface area contributed by atoms with Crippen molar-refractivity contribution in [3.05, 3.63) is 76.3 Å². The fourth-order valence-electron chi connectivity index (χ4n) is 3.36. The molecule has 3 aromatic rings. The zero-order chi connectivity index (χ0) is 18.8. The Bertz CT molecular complexity index is 964. The van der Waals surface area contributed by atoms with Gasteiger partial charge in [-0.15, -0.1) is 11.8 Å². The monoisotopic (exact) mass is 379 g/mol. The van der Waals surface area contributed by atoms with Gasteiger partial charge in [-0.2, -0.15) is 0 Å². The third kappa shape index (κ3) is 3.62. The van der Waals surface area contributed by atoms with E-state index in [0.717, 1.165) is 35.0 Å². The number of fused-ring (bicyclic) bond motifs is 1. The summed E-state index contributed by atoms with van der Waals surface area (Å²) < 4.78 is 5.23. The highest BCUT2D eigenvalue weighted by Crippen LogP contribution is 2.29. The molecule has 4 rings (SSSR count). The van der Waals surface area contributed by atoms with Crippen LogP contribution in [0.25, 0.3) is 0 Å². The molecule has 6 heteroatoms. The topological polar surface area (TPSA) is 59.2 Å². The first-order valence-electron chi connectivity index (χ1n) is 8.99. The summed E-state index contributed by atoms with van der Waals surface area (Å²) in [7, 11) is 0. The van der Waals surface area contributed by atoms with E-state index < -0.39 is 0 Å². The molecule has 0 atom stereocenters. The Kier molecular flexibility index (Phi) is 4.99. The van der Waals surface area contributed by atoms with Gasteiger partial charge in [0.05, 0.1) is 11.3 Å². The molecule has 0 saturated heterocycles. The number of thioether (sulfide) groups is 1. The molecule has 0 spiro atoms. The second-order valence-electron chi connectivity index (χ2n) is 6.69. The molecule has 1 aromatic carbocycles. The van der Waals surface area contributed by atoms with E-state index in [9.17, 15) is 4.79 Å². The van der Waals surface area contributed by atoms with Gasteiger partial charge in [-0.05, 0) is 43.5 Å². The summed E-state index contributed by atoms with van der Waals surface area (Å²) in [6, 6.07) is 12.0. The SMILES string of the molecule is Cc1noc(C)c1CSc1ncccc1C(=O)N1CCc2ccccc2C1. The second-order valence-corrected chi connectivity index (χ2v) is 7.66. The molecule has 138 valence electrons. The number of aryl methyl sites for hydroxylation is 2. The van der Waals surface area contributed by atoms with Crippen LogP contribution in [0.1, 0.15) is 38.5 Å². The number of rotatable bonds is 4. The maximum absolute atomic E-state index is 13.2. The lowest BCUT2D eigenvalue weighted by atomic mass is 9.99.